The van der Waals surface area contributed by atoms with E-state index in [-0.39, 0.29) is 0 Å². The summed E-state index contributed by atoms with van der Waals surface area (Å²) in [5.74, 6) is 0. The average Bonchev–Trinajstić information content (AvgIpc) is 2.32. The summed E-state index contributed by atoms with van der Waals surface area (Å²) in [5.41, 5.74) is 1.40. The van der Waals surface area contributed by atoms with Crippen molar-refractivity contribution >= 4 is 27.3 Å². The first-order valence-corrected chi connectivity index (χ1v) is 5.98. The number of rotatable bonds is 3. The molecular weight excluding hydrogens is 234 g/mol. The summed E-state index contributed by atoms with van der Waals surface area (Å²) < 4.78 is 1.23. The van der Waals surface area contributed by atoms with Gasteiger partial charge in [0.1, 0.15) is 0 Å². The molecule has 1 aromatic rings. The molecular formula is C9H12BrNS. The molecule has 0 aliphatic heterocycles. The van der Waals surface area contributed by atoms with Crippen molar-refractivity contribution in [2.24, 2.45) is 0 Å². The van der Waals surface area contributed by atoms with Crippen LogP contribution in [-0.2, 0) is 6.54 Å². The molecule has 0 saturated heterocycles. The lowest BCUT2D eigenvalue weighted by molar-refractivity contribution is 0.338. The molecule has 0 amide bonds. The van der Waals surface area contributed by atoms with Crippen LogP contribution in [0.1, 0.15) is 24.8 Å². The van der Waals surface area contributed by atoms with Crippen LogP contribution in [0.5, 0.6) is 0 Å². The van der Waals surface area contributed by atoms with Gasteiger partial charge in [0, 0.05) is 12.6 Å². The van der Waals surface area contributed by atoms with Gasteiger partial charge in [0.15, 0.2) is 0 Å². The van der Waals surface area contributed by atoms with Crippen LogP contribution in [0.3, 0.4) is 0 Å². The van der Waals surface area contributed by atoms with E-state index in [1.807, 2.05) is 0 Å². The monoisotopic (exact) mass is 245 g/mol. The van der Waals surface area contributed by atoms with Gasteiger partial charge in [-0.2, -0.15) is 0 Å². The third kappa shape index (κ3) is 2.09. The molecule has 66 valence electrons. The van der Waals surface area contributed by atoms with Gasteiger partial charge in [-0.15, -0.1) is 11.3 Å². The van der Waals surface area contributed by atoms with E-state index >= 15 is 0 Å². The Labute approximate surface area is 85.3 Å². The molecule has 0 aromatic carbocycles. The van der Waals surface area contributed by atoms with Crippen molar-refractivity contribution in [2.45, 2.75) is 31.8 Å². The fraction of sp³-hybridized carbons (Fsp3) is 0.556. The van der Waals surface area contributed by atoms with Gasteiger partial charge in [-0.3, -0.25) is 0 Å². The minimum absolute atomic E-state index is 0.795. The van der Waals surface area contributed by atoms with E-state index in [4.69, 9.17) is 0 Å². The second-order valence-corrected chi connectivity index (χ2v) is 5.56. The lowest BCUT2D eigenvalue weighted by Gasteiger charge is -2.26. The van der Waals surface area contributed by atoms with Gasteiger partial charge in [-0.05, 0) is 45.8 Å². The number of thiophene rings is 1. The first-order valence-electron chi connectivity index (χ1n) is 4.31. The summed E-state index contributed by atoms with van der Waals surface area (Å²) in [6.07, 6.45) is 4.14. The van der Waals surface area contributed by atoms with Crippen LogP contribution in [0.2, 0.25) is 0 Å². The molecule has 3 heteroatoms. The predicted octanol–water partition coefficient (Wildman–Crippen LogP) is 3.15. The number of hydrogen-bond acceptors (Lipinski definition) is 2. The average molecular weight is 246 g/mol. The van der Waals surface area contributed by atoms with Crippen molar-refractivity contribution < 1.29 is 0 Å². The second-order valence-electron chi connectivity index (χ2n) is 3.27. The van der Waals surface area contributed by atoms with E-state index in [0.29, 0.717) is 0 Å². The lowest BCUT2D eigenvalue weighted by atomic mass is 9.93. The molecule has 1 N–H and O–H groups in total. The van der Waals surface area contributed by atoms with E-state index in [1.165, 1.54) is 28.6 Å². The van der Waals surface area contributed by atoms with E-state index in [9.17, 15) is 0 Å². The molecule has 1 saturated carbocycles. The van der Waals surface area contributed by atoms with Gasteiger partial charge in [0.2, 0.25) is 0 Å². The summed E-state index contributed by atoms with van der Waals surface area (Å²) in [4.78, 5) is 0. The van der Waals surface area contributed by atoms with Crippen molar-refractivity contribution in [1.29, 1.82) is 0 Å². The molecule has 1 aliphatic carbocycles. The van der Waals surface area contributed by atoms with Crippen LogP contribution in [0.25, 0.3) is 0 Å². The van der Waals surface area contributed by atoms with Crippen LogP contribution >= 0.6 is 27.3 Å². The van der Waals surface area contributed by atoms with Crippen LogP contribution in [-0.4, -0.2) is 6.04 Å². The summed E-state index contributed by atoms with van der Waals surface area (Å²) >= 11 is 5.22. The smallest absolute Gasteiger partial charge is 0.0701 e. The number of hydrogen-bond donors (Lipinski definition) is 1. The molecule has 0 radical (unpaired) electrons. The zero-order valence-corrected chi connectivity index (χ0v) is 9.25. The Hall–Kier alpha value is 0.140. The molecule has 12 heavy (non-hydrogen) atoms. The van der Waals surface area contributed by atoms with Crippen molar-refractivity contribution in [1.82, 2.24) is 5.32 Å². The summed E-state index contributed by atoms with van der Waals surface area (Å²) in [6, 6.07) is 2.99. The van der Waals surface area contributed by atoms with Gasteiger partial charge in [-0.25, -0.2) is 0 Å². The third-order valence-electron chi connectivity index (χ3n) is 2.32. The Balaban J connectivity index is 1.79. The highest BCUT2D eigenvalue weighted by Gasteiger charge is 2.15. The van der Waals surface area contributed by atoms with Crippen LogP contribution in [0.4, 0.5) is 0 Å². The maximum atomic E-state index is 3.53. The zero-order chi connectivity index (χ0) is 8.39. The number of halogens is 1. The standard InChI is InChI=1S/C9H12BrNS/c10-9-4-7(6-12-9)5-11-8-2-1-3-8/h4,6,8,11H,1-3,5H2. The van der Waals surface area contributed by atoms with Crippen molar-refractivity contribution in [3.8, 4) is 0 Å². The van der Waals surface area contributed by atoms with E-state index in [2.05, 4.69) is 32.7 Å². The first kappa shape index (κ1) is 8.73. The number of nitrogens with one attached hydrogen (secondary N) is 1. The Morgan fingerprint density at radius 2 is 2.42 bits per heavy atom. The van der Waals surface area contributed by atoms with Gasteiger partial charge in [0.05, 0.1) is 3.79 Å². The fourth-order valence-corrected chi connectivity index (χ4v) is 2.52. The first-order chi connectivity index (χ1) is 5.84. The van der Waals surface area contributed by atoms with Crippen LogP contribution in [0.15, 0.2) is 15.2 Å². The van der Waals surface area contributed by atoms with Crippen molar-refractivity contribution in [2.75, 3.05) is 0 Å². The van der Waals surface area contributed by atoms with Crippen molar-refractivity contribution in [3.05, 3.63) is 20.8 Å². The largest absolute Gasteiger partial charge is 0.310 e. The van der Waals surface area contributed by atoms with Crippen molar-refractivity contribution in [3.63, 3.8) is 0 Å². The minimum atomic E-state index is 0.795. The highest BCUT2D eigenvalue weighted by atomic mass is 79.9. The molecule has 1 aliphatic rings. The van der Waals surface area contributed by atoms with Gasteiger partial charge in [0.25, 0.3) is 0 Å². The summed E-state index contributed by atoms with van der Waals surface area (Å²) in [7, 11) is 0. The van der Waals surface area contributed by atoms with E-state index in [0.717, 1.165) is 12.6 Å². The second kappa shape index (κ2) is 3.90. The topological polar surface area (TPSA) is 12.0 Å². The summed E-state index contributed by atoms with van der Waals surface area (Å²) in [5, 5.41) is 5.74. The molecule has 1 heterocycles. The summed E-state index contributed by atoms with van der Waals surface area (Å²) in [6.45, 7) is 1.03. The minimum Gasteiger partial charge on any atom is -0.310 e. The lowest BCUT2D eigenvalue weighted by Crippen LogP contribution is -2.34. The SMILES string of the molecule is Brc1cc(CNC2CCC2)cs1. The highest BCUT2D eigenvalue weighted by molar-refractivity contribution is 9.11. The highest BCUT2D eigenvalue weighted by Crippen LogP contribution is 2.22. The van der Waals surface area contributed by atoms with E-state index < -0.39 is 0 Å². The zero-order valence-electron chi connectivity index (χ0n) is 6.85. The molecule has 0 unspecified atom stereocenters. The molecule has 0 atom stereocenters. The van der Waals surface area contributed by atoms with Crippen LogP contribution in [0, 0.1) is 0 Å². The molecule has 0 bridgehead atoms. The fourth-order valence-electron chi connectivity index (χ4n) is 1.31. The van der Waals surface area contributed by atoms with Gasteiger partial charge in [-0.1, -0.05) is 6.42 Å². The maximum absolute atomic E-state index is 3.53. The Morgan fingerprint density at radius 3 is 2.92 bits per heavy atom. The quantitative estimate of drug-likeness (QED) is 0.863. The Kier molecular flexibility index (Phi) is 2.84. The molecule has 1 aromatic heterocycles. The maximum Gasteiger partial charge on any atom is 0.0701 e. The Morgan fingerprint density at radius 1 is 1.58 bits per heavy atom. The normalized spacial score (nSPS) is 17.8. The predicted molar refractivity (Wildman–Crippen MR) is 56.5 cm³/mol. The van der Waals surface area contributed by atoms with Gasteiger partial charge < -0.3 is 5.32 Å². The van der Waals surface area contributed by atoms with Crippen LogP contribution < -0.4 is 5.32 Å². The Bertz CT molecular complexity index is 255. The van der Waals surface area contributed by atoms with E-state index in [1.54, 1.807) is 11.3 Å². The molecule has 1 fully saturated rings. The molecule has 0 spiro atoms. The third-order valence-corrected chi connectivity index (χ3v) is 3.88. The molecule has 1 nitrogen and oxygen atoms in total. The van der Waals surface area contributed by atoms with Gasteiger partial charge >= 0.3 is 0 Å². The molecule has 2 rings (SSSR count).